The van der Waals surface area contributed by atoms with Gasteiger partial charge in [0.25, 0.3) is 11.8 Å². The molecular weight excluding hydrogens is 474 g/mol. The van der Waals surface area contributed by atoms with E-state index in [2.05, 4.69) is 31.6 Å². The van der Waals surface area contributed by atoms with E-state index < -0.39 is 23.4 Å². The molecule has 3 aromatic rings. The van der Waals surface area contributed by atoms with Crippen LogP contribution in [0.4, 0.5) is 16.3 Å². The number of rotatable bonds is 4. The van der Waals surface area contributed by atoms with Gasteiger partial charge in [-0.15, -0.1) is 0 Å². The summed E-state index contributed by atoms with van der Waals surface area (Å²) in [6.07, 6.45) is 4.06. The van der Waals surface area contributed by atoms with Crippen molar-refractivity contribution in [2.24, 2.45) is 0 Å². The van der Waals surface area contributed by atoms with E-state index in [9.17, 15) is 14.4 Å². The van der Waals surface area contributed by atoms with Crippen molar-refractivity contribution in [1.29, 1.82) is 5.26 Å². The lowest BCUT2D eigenvalue weighted by Gasteiger charge is -2.38. The zero-order valence-corrected chi connectivity index (χ0v) is 19.6. The van der Waals surface area contributed by atoms with E-state index in [1.54, 1.807) is 35.5 Å². The maximum Gasteiger partial charge on any atom is 0.328 e. The predicted octanol–water partition coefficient (Wildman–Crippen LogP) is 2.37. The normalized spacial score (nSPS) is 17.9. The molecule has 6 rings (SSSR count). The van der Waals surface area contributed by atoms with Crippen molar-refractivity contribution in [3.63, 3.8) is 0 Å². The van der Waals surface area contributed by atoms with Crippen LogP contribution >= 0.6 is 0 Å². The molecule has 0 bridgehead atoms. The minimum absolute atomic E-state index is 0.306. The number of ether oxygens (including phenoxy) is 1. The third-order valence-electron chi connectivity index (χ3n) is 6.94. The summed E-state index contributed by atoms with van der Waals surface area (Å²) in [6, 6.07) is 14.2. The Bertz CT molecular complexity index is 1440. The van der Waals surface area contributed by atoms with E-state index >= 15 is 0 Å². The number of anilines is 2. The molecule has 3 aliphatic heterocycles. The molecule has 37 heavy (non-hydrogen) atoms. The second kappa shape index (κ2) is 8.60. The van der Waals surface area contributed by atoms with E-state index in [0.717, 1.165) is 11.4 Å². The van der Waals surface area contributed by atoms with Gasteiger partial charge in [-0.05, 0) is 54.3 Å². The number of fused-ring (bicyclic) bond motifs is 1. The Morgan fingerprint density at radius 1 is 0.946 bits per heavy atom. The quantitative estimate of drug-likeness (QED) is 0.522. The molecule has 1 spiro atoms. The van der Waals surface area contributed by atoms with E-state index in [1.165, 1.54) is 5.56 Å². The number of hydrogen-bond acceptors (Lipinski definition) is 9. The highest BCUT2D eigenvalue weighted by molar-refractivity contribution is 6.24. The fraction of sp³-hybridized carbons (Fsp3) is 0.231. The van der Waals surface area contributed by atoms with Crippen LogP contribution in [-0.2, 0) is 22.7 Å². The van der Waals surface area contributed by atoms with Crippen LogP contribution in [0.25, 0.3) is 0 Å². The number of pyridine rings is 2. The Morgan fingerprint density at radius 2 is 1.76 bits per heavy atom. The fourth-order valence-electron chi connectivity index (χ4n) is 5.14. The number of barbiturate groups is 1. The summed E-state index contributed by atoms with van der Waals surface area (Å²) in [6.45, 7) is 1.86. The van der Waals surface area contributed by atoms with Crippen molar-refractivity contribution in [1.82, 2.24) is 20.6 Å². The third kappa shape index (κ3) is 3.79. The van der Waals surface area contributed by atoms with Gasteiger partial charge in [0.1, 0.15) is 17.6 Å². The van der Waals surface area contributed by atoms with Gasteiger partial charge < -0.3 is 14.5 Å². The maximum atomic E-state index is 12.7. The number of nitriles is 1. The molecule has 11 nitrogen and oxygen atoms in total. The number of benzene rings is 1. The van der Waals surface area contributed by atoms with Crippen LogP contribution in [0.1, 0.15) is 29.5 Å². The highest BCUT2D eigenvalue weighted by Crippen LogP contribution is 2.37. The lowest BCUT2D eigenvalue weighted by atomic mass is 9.92. The average molecular weight is 495 g/mol. The van der Waals surface area contributed by atoms with Gasteiger partial charge in [-0.1, -0.05) is 6.07 Å². The summed E-state index contributed by atoms with van der Waals surface area (Å²) in [5.41, 5.74) is 1.93. The van der Waals surface area contributed by atoms with Gasteiger partial charge in [0.05, 0.1) is 17.4 Å². The molecular formula is C26H21N7O4. The fourth-order valence-corrected chi connectivity index (χ4v) is 5.14. The number of imide groups is 2. The molecule has 0 saturated carbocycles. The topological polar surface area (TPSA) is 141 Å². The smallest absolute Gasteiger partial charge is 0.328 e. The zero-order valence-electron chi connectivity index (χ0n) is 19.6. The first kappa shape index (κ1) is 22.5. The summed E-state index contributed by atoms with van der Waals surface area (Å²) in [7, 11) is 0. The van der Waals surface area contributed by atoms with Crippen LogP contribution < -0.4 is 25.2 Å². The van der Waals surface area contributed by atoms with Crippen molar-refractivity contribution in [2.45, 2.75) is 31.5 Å². The highest BCUT2D eigenvalue weighted by atomic mass is 16.5. The van der Waals surface area contributed by atoms with Gasteiger partial charge in [-0.3, -0.25) is 20.2 Å². The molecule has 1 aromatic carbocycles. The lowest BCUT2D eigenvalue weighted by molar-refractivity contribution is -0.137. The first-order valence-corrected chi connectivity index (χ1v) is 11.8. The lowest BCUT2D eigenvalue weighted by Crippen LogP contribution is -2.71. The first-order chi connectivity index (χ1) is 18.0. The van der Waals surface area contributed by atoms with Crippen LogP contribution in [0, 0.1) is 11.3 Å². The van der Waals surface area contributed by atoms with Crippen molar-refractivity contribution < 1.29 is 19.1 Å². The predicted molar refractivity (Wildman–Crippen MR) is 131 cm³/mol. The van der Waals surface area contributed by atoms with Crippen molar-refractivity contribution in [2.75, 3.05) is 16.3 Å². The summed E-state index contributed by atoms with van der Waals surface area (Å²) in [5, 5.41) is 13.4. The standard InChI is InChI=1S/C26H21N7O4/c27-11-16-2-6-21(28-12-16)32-14-17-3-5-20(10-18(17)15-32)37-22-7-4-19(13-29-22)33-9-1-8-26(33)23(34)30-25(36)31-24(26)35/h2-7,10,12-13H,1,8-9,14-15H2,(H2,30,31,34,35,36). The molecule has 0 unspecified atom stereocenters. The van der Waals surface area contributed by atoms with Gasteiger partial charge in [-0.25, -0.2) is 14.8 Å². The van der Waals surface area contributed by atoms with E-state index in [0.29, 0.717) is 55.4 Å². The molecule has 3 aliphatic rings. The van der Waals surface area contributed by atoms with Gasteiger partial charge >= 0.3 is 6.03 Å². The van der Waals surface area contributed by atoms with Crippen molar-refractivity contribution >= 4 is 29.4 Å². The van der Waals surface area contributed by atoms with Gasteiger partial charge in [0, 0.05) is 31.9 Å². The summed E-state index contributed by atoms with van der Waals surface area (Å²) in [4.78, 5) is 49.5. The summed E-state index contributed by atoms with van der Waals surface area (Å²) < 4.78 is 5.98. The van der Waals surface area contributed by atoms with Crippen LogP contribution in [-0.4, -0.2) is 39.9 Å². The number of amides is 4. The molecule has 2 fully saturated rings. The maximum absolute atomic E-state index is 12.7. The highest BCUT2D eigenvalue weighted by Gasteiger charge is 2.57. The second-order valence-corrected chi connectivity index (χ2v) is 9.11. The zero-order chi connectivity index (χ0) is 25.6. The van der Waals surface area contributed by atoms with Crippen molar-refractivity contribution in [3.8, 4) is 17.7 Å². The van der Waals surface area contributed by atoms with Crippen molar-refractivity contribution in [3.05, 3.63) is 71.5 Å². The summed E-state index contributed by atoms with van der Waals surface area (Å²) in [5.74, 6) is 0.563. The Kier molecular flexibility index (Phi) is 5.22. The van der Waals surface area contributed by atoms with Crippen LogP contribution in [0.3, 0.4) is 0 Å². The molecule has 2 saturated heterocycles. The van der Waals surface area contributed by atoms with Gasteiger partial charge in [-0.2, -0.15) is 5.26 Å². The van der Waals surface area contributed by atoms with Crippen LogP contribution in [0.2, 0.25) is 0 Å². The Labute approximate surface area is 211 Å². The third-order valence-corrected chi connectivity index (χ3v) is 6.94. The number of nitrogens with one attached hydrogen (secondary N) is 2. The van der Waals surface area contributed by atoms with E-state index in [-0.39, 0.29) is 0 Å². The first-order valence-electron chi connectivity index (χ1n) is 11.8. The molecule has 11 heteroatoms. The number of carbonyl (C=O) groups is 3. The average Bonchev–Trinajstić information content (AvgIpc) is 3.53. The molecule has 2 N–H and O–H groups in total. The summed E-state index contributed by atoms with van der Waals surface area (Å²) >= 11 is 0. The number of hydrogen-bond donors (Lipinski definition) is 2. The number of carbonyl (C=O) groups excluding carboxylic acids is 3. The minimum Gasteiger partial charge on any atom is -0.439 e. The monoisotopic (exact) mass is 495 g/mol. The molecule has 5 heterocycles. The SMILES string of the molecule is N#Cc1ccc(N2Cc3ccc(Oc4ccc(N5CCCC56C(=O)NC(=O)NC6=O)cn4)cc3C2)nc1. The Balaban J connectivity index is 1.16. The van der Waals surface area contributed by atoms with Crippen LogP contribution in [0.15, 0.2) is 54.9 Å². The molecule has 0 atom stereocenters. The molecule has 184 valence electrons. The molecule has 4 amide bonds. The Hall–Kier alpha value is -4.98. The van der Waals surface area contributed by atoms with E-state index in [4.69, 9.17) is 10.00 Å². The molecule has 0 radical (unpaired) electrons. The second-order valence-electron chi connectivity index (χ2n) is 9.11. The van der Waals surface area contributed by atoms with Gasteiger partial charge in [0.2, 0.25) is 5.88 Å². The number of aromatic nitrogens is 2. The largest absolute Gasteiger partial charge is 0.439 e. The Morgan fingerprint density at radius 3 is 2.46 bits per heavy atom. The number of urea groups is 1. The minimum atomic E-state index is -1.46. The molecule has 2 aromatic heterocycles. The molecule has 0 aliphatic carbocycles. The van der Waals surface area contributed by atoms with Crippen LogP contribution in [0.5, 0.6) is 11.6 Å². The van der Waals surface area contributed by atoms with E-state index in [1.807, 2.05) is 24.3 Å². The number of nitrogens with zero attached hydrogens (tertiary/aromatic N) is 5. The van der Waals surface area contributed by atoms with Gasteiger partial charge in [0.15, 0.2) is 5.54 Å².